The van der Waals surface area contributed by atoms with Crippen LogP contribution in [0, 0.1) is 0 Å². The zero-order valence-corrected chi connectivity index (χ0v) is 9.37. The first-order valence-electron chi connectivity index (χ1n) is 4.18. The molecule has 7 nitrogen and oxygen atoms in total. The van der Waals surface area contributed by atoms with Crippen molar-refractivity contribution in [2.75, 3.05) is 5.01 Å². The molecule has 0 radical (unpaired) electrons. The molecule has 0 spiro atoms. The summed E-state index contributed by atoms with van der Waals surface area (Å²) in [5, 5.41) is 10.4. The van der Waals surface area contributed by atoms with Gasteiger partial charge < -0.3 is 5.11 Å². The molecule has 1 atom stereocenters. The number of hydrogen-bond donors (Lipinski definition) is 4. The van der Waals surface area contributed by atoms with Gasteiger partial charge in [0.15, 0.2) is 0 Å². The third-order valence-corrected chi connectivity index (χ3v) is 1.46. The smallest absolute Gasteiger partial charge is 0.373 e. The molecule has 0 aliphatic carbocycles. The van der Waals surface area contributed by atoms with Crippen LogP contribution in [-0.2, 0) is 10.4 Å². The molecule has 0 fully saturated rings. The van der Waals surface area contributed by atoms with Gasteiger partial charge in [-0.3, -0.25) is 14.1 Å². The molecule has 1 rings (SSSR count). The molecule has 16 heavy (non-hydrogen) atoms. The third-order valence-electron chi connectivity index (χ3n) is 1.46. The predicted molar refractivity (Wildman–Crippen MR) is 59.0 cm³/mol. The SMILES string of the molecule is CC(O)N(N)c1ccccc1.O=S(=O)(O)O. The topological polar surface area (TPSA) is 124 Å². The Morgan fingerprint density at radius 3 is 1.94 bits per heavy atom. The summed E-state index contributed by atoms with van der Waals surface area (Å²) in [5.74, 6) is 5.52. The molecule has 0 aliphatic rings. The Bertz CT molecular complexity index is 384. The van der Waals surface area contributed by atoms with Crippen LogP contribution in [0.5, 0.6) is 0 Å². The van der Waals surface area contributed by atoms with E-state index in [4.69, 9.17) is 28.5 Å². The fourth-order valence-corrected chi connectivity index (χ4v) is 0.816. The van der Waals surface area contributed by atoms with E-state index in [1.54, 1.807) is 6.92 Å². The Hall–Kier alpha value is -1.19. The number of rotatable bonds is 2. The first-order chi connectivity index (χ1) is 7.22. The van der Waals surface area contributed by atoms with E-state index < -0.39 is 16.6 Å². The molecule has 1 unspecified atom stereocenters. The number of nitrogens with zero attached hydrogens (tertiary/aromatic N) is 1. The van der Waals surface area contributed by atoms with Crippen LogP contribution >= 0.6 is 0 Å². The van der Waals surface area contributed by atoms with Crippen LogP contribution < -0.4 is 10.9 Å². The highest BCUT2D eigenvalue weighted by Crippen LogP contribution is 2.10. The molecule has 92 valence electrons. The van der Waals surface area contributed by atoms with Crippen LogP contribution in [0.2, 0.25) is 0 Å². The summed E-state index contributed by atoms with van der Waals surface area (Å²) in [6, 6.07) is 9.33. The second kappa shape index (κ2) is 6.40. The first-order valence-corrected chi connectivity index (χ1v) is 5.58. The molecule has 0 aromatic heterocycles. The van der Waals surface area contributed by atoms with Crippen LogP contribution in [0.3, 0.4) is 0 Å². The zero-order chi connectivity index (χ0) is 12.8. The van der Waals surface area contributed by atoms with E-state index in [0.717, 1.165) is 5.69 Å². The van der Waals surface area contributed by atoms with Crippen LogP contribution in [-0.4, -0.2) is 28.9 Å². The van der Waals surface area contributed by atoms with Crippen LogP contribution in [0.4, 0.5) is 5.69 Å². The van der Waals surface area contributed by atoms with Gasteiger partial charge in [0.1, 0.15) is 6.23 Å². The van der Waals surface area contributed by atoms with Gasteiger partial charge in [0, 0.05) is 0 Å². The molecule has 0 saturated heterocycles. The van der Waals surface area contributed by atoms with Gasteiger partial charge in [-0.1, -0.05) is 18.2 Å². The highest BCUT2D eigenvalue weighted by atomic mass is 32.3. The van der Waals surface area contributed by atoms with Gasteiger partial charge in [0.25, 0.3) is 0 Å². The Labute approximate surface area is 93.7 Å². The number of para-hydroxylation sites is 1. The molecule has 1 aromatic rings. The van der Waals surface area contributed by atoms with E-state index >= 15 is 0 Å². The molecule has 0 heterocycles. The van der Waals surface area contributed by atoms with Gasteiger partial charge in [0.05, 0.1) is 5.69 Å². The number of benzene rings is 1. The second-order valence-electron chi connectivity index (χ2n) is 2.82. The molecule has 0 saturated carbocycles. The molecular weight excluding hydrogens is 236 g/mol. The highest BCUT2D eigenvalue weighted by Gasteiger charge is 2.04. The standard InChI is InChI=1S/C8H12N2O.H2O4S/c1-7(11)10(9)8-5-3-2-4-6-8;1-5(2,3)4/h2-7,11H,9H2,1H3;(H2,1,2,3,4). The van der Waals surface area contributed by atoms with E-state index in [0.29, 0.717) is 0 Å². The summed E-state index contributed by atoms with van der Waals surface area (Å²) in [7, 11) is -4.67. The average Bonchev–Trinajstić information content (AvgIpc) is 2.15. The number of nitrogens with two attached hydrogens (primary N) is 1. The number of aliphatic hydroxyl groups is 1. The van der Waals surface area contributed by atoms with E-state index in [2.05, 4.69) is 0 Å². The van der Waals surface area contributed by atoms with Crippen molar-refractivity contribution in [3.8, 4) is 0 Å². The minimum atomic E-state index is -4.67. The maximum atomic E-state index is 9.08. The number of hydrogen-bond acceptors (Lipinski definition) is 5. The van der Waals surface area contributed by atoms with Crippen molar-refractivity contribution in [2.24, 2.45) is 5.84 Å². The second-order valence-corrected chi connectivity index (χ2v) is 3.72. The Kier molecular flexibility index (Phi) is 5.93. The van der Waals surface area contributed by atoms with Gasteiger partial charge in [-0.2, -0.15) is 8.42 Å². The summed E-state index contributed by atoms with van der Waals surface area (Å²) >= 11 is 0. The normalized spacial score (nSPS) is 12.3. The number of anilines is 1. The molecule has 0 amide bonds. The fraction of sp³-hybridized carbons (Fsp3) is 0.250. The molecule has 0 bridgehead atoms. The van der Waals surface area contributed by atoms with Gasteiger partial charge in [0.2, 0.25) is 0 Å². The maximum absolute atomic E-state index is 9.08. The summed E-state index contributed by atoms with van der Waals surface area (Å²) in [4.78, 5) is 0. The first kappa shape index (κ1) is 14.8. The van der Waals surface area contributed by atoms with Crippen molar-refractivity contribution < 1.29 is 22.6 Å². The molecule has 1 aromatic carbocycles. The lowest BCUT2D eigenvalue weighted by atomic mass is 10.3. The summed E-state index contributed by atoms with van der Waals surface area (Å²) in [5.41, 5.74) is 0.808. The lowest BCUT2D eigenvalue weighted by molar-refractivity contribution is 0.189. The predicted octanol–water partition coefficient (Wildman–Crippen LogP) is 0.0522. The summed E-state index contributed by atoms with van der Waals surface area (Å²) < 4.78 is 31.6. The van der Waals surface area contributed by atoms with Gasteiger partial charge in [-0.05, 0) is 19.1 Å². The van der Waals surface area contributed by atoms with Crippen molar-refractivity contribution in [3.05, 3.63) is 30.3 Å². The lowest BCUT2D eigenvalue weighted by Crippen LogP contribution is -2.39. The quantitative estimate of drug-likeness (QED) is 0.253. The van der Waals surface area contributed by atoms with Crippen molar-refractivity contribution in [2.45, 2.75) is 13.2 Å². The average molecular weight is 250 g/mol. The van der Waals surface area contributed by atoms with E-state index in [1.807, 2.05) is 30.3 Å². The monoisotopic (exact) mass is 250 g/mol. The molecule has 0 aliphatic heterocycles. The molecule has 5 N–H and O–H groups in total. The highest BCUT2D eigenvalue weighted by molar-refractivity contribution is 7.79. The van der Waals surface area contributed by atoms with Crippen LogP contribution in [0.1, 0.15) is 6.92 Å². The maximum Gasteiger partial charge on any atom is 0.394 e. The lowest BCUT2D eigenvalue weighted by Gasteiger charge is -2.21. The van der Waals surface area contributed by atoms with Gasteiger partial charge in [-0.25, -0.2) is 5.84 Å². The van der Waals surface area contributed by atoms with E-state index in [9.17, 15) is 0 Å². The van der Waals surface area contributed by atoms with Crippen molar-refractivity contribution in [1.82, 2.24) is 0 Å². The van der Waals surface area contributed by atoms with Crippen molar-refractivity contribution in [3.63, 3.8) is 0 Å². The Balaban J connectivity index is 0.000000385. The van der Waals surface area contributed by atoms with Crippen LogP contribution in [0.25, 0.3) is 0 Å². The van der Waals surface area contributed by atoms with Crippen molar-refractivity contribution in [1.29, 1.82) is 0 Å². The van der Waals surface area contributed by atoms with E-state index in [1.165, 1.54) is 5.01 Å². The van der Waals surface area contributed by atoms with E-state index in [-0.39, 0.29) is 0 Å². The van der Waals surface area contributed by atoms with Crippen molar-refractivity contribution >= 4 is 16.1 Å². The number of aliphatic hydroxyl groups excluding tert-OH is 1. The fourth-order valence-electron chi connectivity index (χ4n) is 0.816. The number of hydrazine groups is 1. The summed E-state index contributed by atoms with van der Waals surface area (Å²) in [6.07, 6.45) is -0.655. The molecule has 8 heteroatoms. The Morgan fingerprint density at radius 2 is 1.62 bits per heavy atom. The Morgan fingerprint density at radius 1 is 1.25 bits per heavy atom. The minimum Gasteiger partial charge on any atom is -0.373 e. The summed E-state index contributed by atoms with van der Waals surface area (Å²) in [6.45, 7) is 1.62. The van der Waals surface area contributed by atoms with Gasteiger partial charge >= 0.3 is 10.4 Å². The van der Waals surface area contributed by atoms with Crippen LogP contribution in [0.15, 0.2) is 30.3 Å². The zero-order valence-electron chi connectivity index (χ0n) is 8.56. The molecular formula is C8H14N2O5S. The van der Waals surface area contributed by atoms with Gasteiger partial charge in [-0.15, -0.1) is 0 Å². The largest absolute Gasteiger partial charge is 0.394 e. The third kappa shape index (κ3) is 8.15. The minimum absolute atomic E-state index is 0.655.